The monoisotopic (exact) mass is 393 g/mol. The van der Waals surface area contributed by atoms with Crippen molar-refractivity contribution in [2.24, 2.45) is 0 Å². The Kier molecular flexibility index (Phi) is 7.02. The van der Waals surface area contributed by atoms with Crippen molar-refractivity contribution in [3.8, 4) is 11.4 Å². The van der Waals surface area contributed by atoms with E-state index in [9.17, 15) is 4.79 Å². The van der Waals surface area contributed by atoms with Crippen LogP contribution < -0.4 is 10.2 Å². The Hall–Kier alpha value is -3.58. The normalized spacial score (nSPS) is 11.3. The summed E-state index contributed by atoms with van der Waals surface area (Å²) in [6.07, 6.45) is 5.54. The predicted octanol–water partition coefficient (Wildman–Crippen LogP) is 3.46. The molecular formula is C22H23N3O4. The van der Waals surface area contributed by atoms with Crippen molar-refractivity contribution in [3.05, 3.63) is 84.2 Å². The number of allylic oxidation sites excluding steroid dienone is 1. The van der Waals surface area contributed by atoms with Crippen LogP contribution in [0.5, 0.6) is 5.75 Å². The predicted molar refractivity (Wildman–Crippen MR) is 110 cm³/mol. The number of benzene rings is 2. The van der Waals surface area contributed by atoms with Crippen molar-refractivity contribution < 1.29 is 19.5 Å². The van der Waals surface area contributed by atoms with Crippen molar-refractivity contribution in [1.29, 1.82) is 0 Å². The summed E-state index contributed by atoms with van der Waals surface area (Å²) in [6.45, 7) is 2.59. The van der Waals surface area contributed by atoms with E-state index in [1.54, 1.807) is 35.1 Å². The van der Waals surface area contributed by atoms with Gasteiger partial charge in [0.1, 0.15) is 19.0 Å². The summed E-state index contributed by atoms with van der Waals surface area (Å²) in [4.78, 5) is 16.3. The Morgan fingerprint density at radius 3 is 2.69 bits per heavy atom. The molecule has 0 atom stereocenters. The van der Waals surface area contributed by atoms with Crippen LogP contribution in [0.1, 0.15) is 18.1 Å². The number of hydrogen-bond acceptors (Lipinski definition) is 5. The molecule has 0 radical (unpaired) electrons. The van der Waals surface area contributed by atoms with E-state index in [0.717, 1.165) is 16.9 Å². The van der Waals surface area contributed by atoms with Crippen LogP contribution >= 0.6 is 0 Å². The second kappa shape index (κ2) is 10.1. The zero-order valence-electron chi connectivity index (χ0n) is 16.1. The van der Waals surface area contributed by atoms with Gasteiger partial charge in [0.25, 0.3) is 0 Å². The van der Waals surface area contributed by atoms with E-state index in [-0.39, 0.29) is 6.42 Å². The summed E-state index contributed by atoms with van der Waals surface area (Å²) in [7, 11) is 0. The Balaban J connectivity index is 1.45. The molecule has 29 heavy (non-hydrogen) atoms. The third kappa shape index (κ3) is 5.95. The van der Waals surface area contributed by atoms with Gasteiger partial charge in [-0.1, -0.05) is 30.3 Å². The average Bonchev–Trinajstić information content (AvgIpc) is 3.26. The van der Waals surface area contributed by atoms with Crippen LogP contribution in [0, 0.1) is 0 Å². The Labute approximate surface area is 169 Å². The summed E-state index contributed by atoms with van der Waals surface area (Å²) in [6, 6.07) is 16.9. The summed E-state index contributed by atoms with van der Waals surface area (Å²) in [5.41, 5.74) is 6.46. The molecule has 2 aromatic carbocycles. The molecule has 0 aliphatic carbocycles. The van der Waals surface area contributed by atoms with Gasteiger partial charge >= 0.3 is 5.97 Å². The smallest absolute Gasteiger partial charge is 0.307 e. The second-order valence-corrected chi connectivity index (χ2v) is 6.22. The molecule has 0 saturated carbocycles. The molecule has 0 amide bonds. The number of nitrogens with one attached hydrogen (secondary N) is 1. The van der Waals surface area contributed by atoms with Crippen LogP contribution in [0.2, 0.25) is 0 Å². The molecule has 1 aromatic heterocycles. The first kappa shape index (κ1) is 20.2. The zero-order valence-corrected chi connectivity index (χ0v) is 16.1. The number of hydroxylamine groups is 1. The lowest BCUT2D eigenvalue weighted by Gasteiger charge is -2.12. The van der Waals surface area contributed by atoms with Gasteiger partial charge in [-0.25, -0.2) is 4.68 Å². The summed E-state index contributed by atoms with van der Waals surface area (Å²) < 4.78 is 7.42. The SMILES string of the molecule is CC=C(NOCCOc1cccc(CC(=O)O)c1)c1ccc(-n2cccn2)cc1. The number of hydrogen-bond donors (Lipinski definition) is 2. The van der Waals surface area contributed by atoms with E-state index in [0.29, 0.717) is 24.5 Å². The van der Waals surface area contributed by atoms with Gasteiger partial charge in [0, 0.05) is 12.4 Å². The summed E-state index contributed by atoms with van der Waals surface area (Å²) in [5.74, 6) is -0.251. The van der Waals surface area contributed by atoms with Crippen molar-refractivity contribution in [1.82, 2.24) is 15.3 Å². The number of rotatable bonds is 10. The van der Waals surface area contributed by atoms with Gasteiger partial charge in [0.15, 0.2) is 0 Å². The average molecular weight is 393 g/mol. The van der Waals surface area contributed by atoms with Crippen molar-refractivity contribution >= 4 is 11.7 Å². The fraction of sp³-hybridized carbons (Fsp3) is 0.182. The van der Waals surface area contributed by atoms with Crippen LogP contribution in [0.25, 0.3) is 11.4 Å². The van der Waals surface area contributed by atoms with E-state index >= 15 is 0 Å². The summed E-state index contributed by atoms with van der Waals surface area (Å²) in [5, 5.41) is 13.1. The van der Waals surface area contributed by atoms with Crippen LogP contribution in [0.15, 0.2) is 73.1 Å². The molecule has 0 fully saturated rings. The first-order chi connectivity index (χ1) is 14.2. The molecular weight excluding hydrogens is 370 g/mol. The highest BCUT2D eigenvalue weighted by Gasteiger charge is 2.04. The topological polar surface area (TPSA) is 85.6 Å². The van der Waals surface area contributed by atoms with Gasteiger partial charge in [-0.15, -0.1) is 0 Å². The number of carbonyl (C=O) groups is 1. The molecule has 3 rings (SSSR count). The number of carboxylic acid groups (broad SMARTS) is 1. The van der Waals surface area contributed by atoms with E-state index in [2.05, 4.69) is 10.6 Å². The molecule has 3 aromatic rings. The highest BCUT2D eigenvalue weighted by atomic mass is 16.7. The van der Waals surface area contributed by atoms with E-state index < -0.39 is 5.97 Å². The Bertz CT molecular complexity index is 950. The quantitative estimate of drug-likeness (QED) is 0.405. The van der Waals surface area contributed by atoms with Crippen LogP contribution in [0.3, 0.4) is 0 Å². The maximum Gasteiger partial charge on any atom is 0.307 e. The van der Waals surface area contributed by atoms with Gasteiger partial charge in [-0.3, -0.25) is 15.1 Å². The standard InChI is InChI=1S/C22H23N3O4/c1-2-21(18-7-9-19(10-8-18)25-12-4-11-23-25)24-29-14-13-28-20-6-3-5-17(15-20)16-22(26)27/h2-12,15,24H,13-14,16H2,1H3,(H,26,27). The fourth-order valence-electron chi connectivity index (χ4n) is 2.75. The number of carboxylic acids is 1. The minimum absolute atomic E-state index is 0.0287. The van der Waals surface area contributed by atoms with E-state index in [4.69, 9.17) is 14.7 Å². The third-order valence-corrected chi connectivity index (χ3v) is 4.13. The number of aromatic nitrogens is 2. The minimum atomic E-state index is -0.869. The van der Waals surface area contributed by atoms with Crippen LogP contribution in [-0.2, 0) is 16.1 Å². The highest BCUT2D eigenvalue weighted by molar-refractivity contribution is 5.70. The lowest BCUT2D eigenvalue weighted by atomic mass is 10.1. The lowest BCUT2D eigenvalue weighted by Crippen LogP contribution is -2.18. The third-order valence-electron chi connectivity index (χ3n) is 4.13. The van der Waals surface area contributed by atoms with Crippen molar-refractivity contribution in [3.63, 3.8) is 0 Å². The first-order valence-electron chi connectivity index (χ1n) is 9.24. The second-order valence-electron chi connectivity index (χ2n) is 6.22. The van der Waals surface area contributed by atoms with Crippen LogP contribution in [0.4, 0.5) is 0 Å². The van der Waals surface area contributed by atoms with Gasteiger partial charge < -0.3 is 9.84 Å². The van der Waals surface area contributed by atoms with Crippen molar-refractivity contribution in [2.45, 2.75) is 13.3 Å². The fourth-order valence-corrected chi connectivity index (χ4v) is 2.75. The maximum absolute atomic E-state index is 10.8. The first-order valence-corrected chi connectivity index (χ1v) is 9.24. The zero-order chi connectivity index (χ0) is 20.5. The number of nitrogens with zero attached hydrogens (tertiary/aromatic N) is 2. The molecule has 2 N–H and O–H groups in total. The maximum atomic E-state index is 10.8. The molecule has 0 aliphatic rings. The molecule has 150 valence electrons. The minimum Gasteiger partial charge on any atom is -0.491 e. The Morgan fingerprint density at radius 1 is 1.17 bits per heavy atom. The Morgan fingerprint density at radius 2 is 2.00 bits per heavy atom. The van der Waals surface area contributed by atoms with E-state index in [1.165, 1.54) is 0 Å². The molecule has 0 aliphatic heterocycles. The molecule has 1 heterocycles. The molecule has 0 bridgehead atoms. The van der Waals surface area contributed by atoms with Crippen LogP contribution in [-0.4, -0.2) is 34.1 Å². The summed E-state index contributed by atoms with van der Waals surface area (Å²) >= 11 is 0. The van der Waals surface area contributed by atoms with E-state index in [1.807, 2.05) is 49.5 Å². The lowest BCUT2D eigenvalue weighted by molar-refractivity contribution is -0.136. The molecule has 0 unspecified atom stereocenters. The number of aliphatic carboxylic acids is 1. The van der Waals surface area contributed by atoms with Gasteiger partial charge in [0.05, 0.1) is 17.8 Å². The van der Waals surface area contributed by atoms with Gasteiger partial charge in [0.2, 0.25) is 0 Å². The molecule has 0 saturated heterocycles. The van der Waals surface area contributed by atoms with Gasteiger partial charge in [-0.2, -0.15) is 5.10 Å². The highest BCUT2D eigenvalue weighted by Crippen LogP contribution is 2.16. The number of ether oxygens (including phenoxy) is 1. The molecule has 7 nitrogen and oxygen atoms in total. The largest absolute Gasteiger partial charge is 0.491 e. The molecule has 7 heteroatoms. The van der Waals surface area contributed by atoms with Crippen molar-refractivity contribution in [2.75, 3.05) is 13.2 Å². The van der Waals surface area contributed by atoms with Gasteiger partial charge in [-0.05, 0) is 48.4 Å². The molecule has 0 spiro atoms.